The maximum Gasteiger partial charge on any atom is 0.180 e. The molecule has 0 radical (unpaired) electrons. The van der Waals surface area contributed by atoms with Gasteiger partial charge in [-0.2, -0.15) is 0 Å². The number of nitrogens with zero attached hydrogens (tertiary/aromatic N) is 3. The zero-order chi connectivity index (χ0) is 20.2. The van der Waals surface area contributed by atoms with Gasteiger partial charge >= 0.3 is 0 Å². The van der Waals surface area contributed by atoms with E-state index in [9.17, 15) is 0 Å². The number of benzene rings is 1. The second-order valence-corrected chi connectivity index (χ2v) is 7.65. The van der Waals surface area contributed by atoms with Crippen LogP contribution in [0.25, 0.3) is 22.1 Å². The topological polar surface area (TPSA) is 67.2 Å². The van der Waals surface area contributed by atoms with Crippen LogP contribution in [0.15, 0.2) is 54.0 Å². The van der Waals surface area contributed by atoms with Crippen molar-refractivity contribution in [2.75, 3.05) is 25.1 Å². The Balaban J connectivity index is 1.51. The first-order chi connectivity index (χ1) is 14.2. The minimum Gasteiger partial charge on any atom is -0.381 e. The summed E-state index contributed by atoms with van der Waals surface area (Å²) in [7, 11) is 0. The van der Waals surface area contributed by atoms with Gasteiger partial charge in [0.05, 0.1) is 18.5 Å². The second kappa shape index (κ2) is 8.80. The van der Waals surface area contributed by atoms with Crippen LogP contribution in [0.1, 0.15) is 24.6 Å². The van der Waals surface area contributed by atoms with Gasteiger partial charge in [-0.1, -0.05) is 24.8 Å². The van der Waals surface area contributed by atoms with Crippen LogP contribution in [0, 0.1) is 0 Å². The molecule has 0 atom stereocenters. The number of para-hydroxylation sites is 1. The molecule has 0 bridgehead atoms. The number of hydrogen-bond donors (Lipinski definition) is 2. The number of anilines is 1. The number of nitrogens with one attached hydrogen (secondary N) is 2. The number of ether oxygens (including phenoxy) is 1. The van der Waals surface area contributed by atoms with Gasteiger partial charge in [-0.3, -0.25) is 4.40 Å². The lowest BCUT2D eigenvalue weighted by molar-refractivity contribution is 0.154. The standard InChI is InChI=1S/C22H24BrN5O/c1-3-29-11-9-15(2)19-13-26-22-21(27-20(23)14-28(19)22)24-10-8-16-12-25-18-7-5-4-6-17(16)18/h4-7,12-14,25H,2-3,8-11H2,1H3,(H,24,27). The largest absolute Gasteiger partial charge is 0.381 e. The fourth-order valence-corrected chi connectivity index (χ4v) is 3.84. The first-order valence-electron chi connectivity index (χ1n) is 9.75. The monoisotopic (exact) mass is 453 g/mol. The van der Waals surface area contributed by atoms with Crippen LogP contribution >= 0.6 is 15.9 Å². The molecule has 0 saturated heterocycles. The van der Waals surface area contributed by atoms with Gasteiger partial charge in [0.15, 0.2) is 11.5 Å². The zero-order valence-electron chi connectivity index (χ0n) is 16.4. The molecule has 0 unspecified atom stereocenters. The molecule has 0 saturated carbocycles. The number of hydrogen-bond acceptors (Lipinski definition) is 4. The Morgan fingerprint density at radius 3 is 3.07 bits per heavy atom. The van der Waals surface area contributed by atoms with E-state index in [1.165, 1.54) is 10.9 Å². The lowest BCUT2D eigenvalue weighted by atomic mass is 10.1. The number of imidazole rings is 1. The van der Waals surface area contributed by atoms with E-state index in [1.807, 2.05) is 29.8 Å². The summed E-state index contributed by atoms with van der Waals surface area (Å²) in [5.41, 5.74) is 5.21. The first-order valence-corrected chi connectivity index (χ1v) is 10.5. The van der Waals surface area contributed by atoms with Crippen LogP contribution in [0.3, 0.4) is 0 Å². The van der Waals surface area contributed by atoms with E-state index in [2.05, 4.69) is 67.2 Å². The van der Waals surface area contributed by atoms with Crippen LogP contribution in [-0.4, -0.2) is 39.1 Å². The molecule has 7 heteroatoms. The maximum absolute atomic E-state index is 5.45. The van der Waals surface area contributed by atoms with E-state index < -0.39 is 0 Å². The Bertz CT molecular complexity index is 1150. The third-order valence-electron chi connectivity index (χ3n) is 4.94. The van der Waals surface area contributed by atoms with Crippen LogP contribution in [0.5, 0.6) is 0 Å². The van der Waals surface area contributed by atoms with Crippen molar-refractivity contribution in [3.63, 3.8) is 0 Å². The predicted molar refractivity (Wildman–Crippen MR) is 121 cm³/mol. The highest BCUT2D eigenvalue weighted by Gasteiger charge is 2.13. The molecule has 1 aromatic carbocycles. The van der Waals surface area contributed by atoms with Crippen LogP contribution < -0.4 is 5.32 Å². The molecule has 6 nitrogen and oxygen atoms in total. The fraction of sp³-hybridized carbons (Fsp3) is 0.273. The van der Waals surface area contributed by atoms with Gasteiger partial charge in [0, 0.05) is 36.4 Å². The molecule has 4 aromatic rings. The molecule has 29 heavy (non-hydrogen) atoms. The highest BCUT2D eigenvalue weighted by Crippen LogP contribution is 2.24. The van der Waals surface area contributed by atoms with E-state index in [0.717, 1.165) is 52.2 Å². The Hall–Kier alpha value is -2.64. The fourth-order valence-electron chi connectivity index (χ4n) is 3.46. The predicted octanol–water partition coefficient (Wildman–Crippen LogP) is 5.07. The summed E-state index contributed by atoms with van der Waals surface area (Å²) in [4.78, 5) is 12.5. The molecule has 0 aliphatic heterocycles. The summed E-state index contributed by atoms with van der Waals surface area (Å²) in [6.07, 6.45) is 7.51. The molecule has 3 aromatic heterocycles. The molecule has 3 heterocycles. The van der Waals surface area contributed by atoms with Crippen molar-refractivity contribution in [2.24, 2.45) is 0 Å². The summed E-state index contributed by atoms with van der Waals surface area (Å²) in [6, 6.07) is 8.35. The van der Waals surface area contributed by atoms with Crippen molar-refractivity contribution in [3.8, 4) is 0 Å². The zero-order valence-corrected chi connectivity index (χ0v) is 18.0. The lowest BCUT2D eigenvalue weighted by Crippen LogP contribution is -2.08. The van der Waals surface area contributed by atoms with E-state index in [0.29, 0.717) is 13.2 Å². The number of halogens is 1. The van der Waals surface area contributed by atoms with E-state index in [-0.39, 0.29) is 0 Å². The smallest absolute Gasteiger partial charge is 0.180 e. The molecule has 0 amide bonds. The summed E-state index contributed by atoms with van der Waals surface area (Å²) in [5, 5.41) is 4.70. The molecule has 4 rings (SSSR count). The molecular weight excluding hydrogens is 430 g/mol. The molecule has 0 fully saturated rings. The van der Waals surface area contributed by atoms with Gasteiger partial charge in [-0.05, 0) is 52.9 Å². The average molecular weight is 454 g/mol. The SMILES string of the molecule is C=C(CCOCC)c1cnc2c(NCCc3c[nH]c4ccccc34)nc(Br)cn12. The summed E-state index contributed by atoms with van der Waals surface area (Å²) in [5.74, 6) is 0.753. The first kappa shape index (κ1) is 19.7. The molecule has 0 spiro atoms. The van der Waals surface area contributed by atoms with Gasteiger partial charge in [0.1, 0.15) is 4.60 Å². The normalized spacial score (nSPS) is 11.4. The summed E-state index contributed by atoms with van der Waals surface area (Å²) < 4.78 is 8.23. The van der Waals surface area contributed by atoms with E-state index >= 15 is 0 Å². The maximum atomic E-state index is 5.45. The Morgan fingerprint density at radius 1 is 1.34 bits per heavy atom. The van der Waals surface area contributed by atoms with Gasteiger partial charge in [0.2, 0.25) is 0 Å². The van der Waals surface area contributed by atoms with E-state index in [4.69, 9.17) is 4.74 Å². The average Bonchev–Trinajstić information content (AvgIpc) is 3.32. The summed E-state index contributed by atoms with van der Waals surface area (Å²) in [6.45, 7) is 8.32. The molecule has 150 valence electrons. The number of rotatable bonds is 9. The lowest BCUT2D eigenvalue weighted by Gasteiger charge is -2.10. The van der Waals surface area contributed by atoms with Gasteiger partial charge in [0.25, 0.3) is 0 Å². The van der Waals surface area contributed by atoms with Crippen molar-refractivity contribution in [3.05, 3.63) is 65.3 Å². The quantitative estimate of drug-likeness (QED) is 0.347. The van der Waals surface area contributed by atoms with Crippen LogP contribution in [0.4, 0.5) is 5.82 Å². The highest BCUT2D eigenvalue weighted by molar-refractivity contribution is 9.10. The molecule has 2 N–H and O–H groups in total. The third kappa shape index (κ3) is 4.21. The highest BCUT2D eigenvalue weighted by atomic mass is 79.9. The van der Waals surface area contributed by atoms with Gasteiger partial charge in [-0.25, -0.2) is 9.97 Å². The van der Waals surface area contributed by atoms with Gasteiger partial charge in [-0.15, -0.1) is 0 Å². The van der Waals surface area contributed by atoms with Crippen molar-refractivity contribution in [1.29, 1.82) is 0 Å². The molecule has 0 aliphatic carbocycles. The Labute approximate surface area is 178 Å². The Kier molecular flexibility index (Phi) is 5.97. The number of fused-ring (bicyclic) bond motifs is 2. The van der Waals surface area contributed by atoms with E-state index in [1.54, 1.807) is 0 Å². The van der Waals surface area contributed by atoms with Crippen molar-refractivity contribution < 1.29 is 4.74 Å². The number of aromatic nitrogens is 4. The minimum atomic E-state index is 0.657. The summed E-state index contributed by atoms with van der Waals surface area (Å²) >= 11 is 3.52. The second-order valence-electron chi connectivity index (χ2n) is 6.84. The number of aromatic amines is 1. The van der Waals surface area contributed by atoms with Gasteiger partial charge < -0.3 is 15.0 Å². The van der Waals surface area contributed by atoms with Crippen molar-refractivity contribution in [1.82, 2.24) is 19.4 Å². The number of H-pyrrole nitrogens is 1. The van der Waals surface area contributed by atoms with Crippen molar-refractivity contribution >= 4 is 43.9 Å². The molecular formula is C22H24BrN5O. The third-order valence-corrected chi connectivity index (χ3v) is 5.32. The van der Waals surface area contributed by atoms with Crippen LogP contribution in [-0.2, 0) is 11.2 Å². The Morgan fingerprint density at radius 2 is 2.21 bits per heavy atom. The van der Waals surface area contributed by atoms with Crippen molar-refractivity contribution in [2.45, 2.75) is 19.8 Å². The minimum absolute atomic E-state index is 0.657. The molecule has 0 aliphatic rings. The van der Waals surface area contributed by atoms with Crippen LogP contribution in [0.2, 0.25) is 0 Å².